The number of benzene rings is 10. The summed E-state index contributed by atoms with van der Waals surface area (Å²) in [6.45, 7) is 0. The molecule has 0 saturated carbocycles. The monoisotopic (exact) mass is 1040 g/mol. The lowest BCUT2D eigenvalue weighted by Gasteiger charge is -2.17. The lowest BCUT2D eigenvalue weighted by Crippen LogP contribution is -2.14. The predicted molar refractivity (Wildman–Crippen MR) is 328 cm³/mol. The molecule has 0 fully saturated rings. The molecular formula is C71H36N4O6. The number of hydrogen-bond acceptors (Lipinski definition) is 7. The van der Waals surface area contributed by atoms with Gasteiger partial charge < -0.3 is 13.2 Å². The number of nitrogens with zero attached hydrogens (tertiary/aromatic N) is 4. The van der Waals surface area contributed by atoms with Crippen LogP contribution < -0.4 is 32.6 Å². The van der Waals surface area contributed by atoms with Crippen molar-refractivity contribution in [3.8, 4) is 44.6 Å². The van der Waals surface area contributed by atoms with Crippen LogP contribution in [0.25, 0.3) is 159 Å². The smallest absolute Gasteiger partial charge is 0.197 e. The summed E-state index contributed by atoms with van der Waals surface area (Å²) in [7, 11) is 0. The Kier molecular flexibility index (Phi) is 8.95. The molecule has 81 heavy (non-hydrogen) atoms. The fourth-order valence-electron chi connectivity index (χ4n) is 13.2. The first kappa shape index (κ1) is 44.9. The highest BCUT2D eigenvalue weighted by Crippen LogP contribution is 2.38. The highest BCUT2D eigenvalue weighted by Gasteiger charge is 2.22. The van der Waals surface area contributed by atoms with Crippen LogP contribution >= 0.6 is 0 Å². The molecule has 7 aromatic heterocycles. The summed E-state index contributed by atoms with van der Waals surface area (Å²) in [6, 6.07) is 66.0. The summed E-state index contributed by atoms with van der Waals surface area (Å²) in [5.74, 6) is 0. The molecule has 10 nitrogen and oxygen atoms in total. The van der Waals surface area contributed by atoms with Crippen LogP contribution in [0.2, 0.25) is 0 Å². The molecule has 0 aliphatic heterocycles. The van der Waals surface area contributed by atoms with Gasteiger partial charge in [-0.1, -0.05) is 72.8 Å². The van der Waals surface area contributed by atoms with Crippen LogP contribution in [0.1, 0.15) is 0 Å². The quantitative estimate of drug-likeness (QED) is 0.127. The number of pyridine rings is 7. The summed E-state index contributed by atoms with van der Waals surface area (Å²) in [6.07, 6.45) is 1.75. The average molecular weight is 1040 g/mol. The SMILES string of the molecule is O=c1c2ccccc2n2c3ccc(-c4cc(-c5ccc6c(c5)c(=O)c5cccc7c(=O)c8ccccc8n6c75)cc(-c5cc(-c6ccc7c(c6)c(=O)c6cccc8c(=O)c9ccccc9n7c86)ccn5)c4)cc3c(=O)c3cccc1c32. The Labute approximate surface area is 454 Å². The number of aromatic nitrogens is 4. The summed E-state index contributed by atoms with van der Waals surface area (Å²) < 4.78 is 6.08. The van der Waals surface area contributed by atoms with Crippen LogP contribution in [0.3, 0.4) is 0 Å². The number of hydrogen-bond donors (Lipinski definition) is 0. The van der Waals surface area contributed by atoms with E-state index in [0.717, 1.165) is 44.5 Å². The zero-order valence-electron chi connectivity index (χ0n) is 42.5. The zero-order chi connectivity index (χ0) is 54.1. The lowest BCUT2D eigenvalue weighted by atomic mass is 9.92. The number of para-hydroxylation sites is 6. The molecule has 17 aromatic rings. The summed E-state index contributed by atoms with van der Waals surface area (Å²) in [4.78, 5) is 90.5. The third-order valence-electron chi connectivity index (χ3n) is 16.9. The van der Waals surface area contributed by atoms with Gasteiger partial charge in [0.2, 0.25) is 0 Å². The second-order valence-corrected chi connectivity index (χ2v) is 21.1. The van der Waals surface area contributed by atoms with Crippen LogP contribution in [0.15, 0.2) is 247 Å². The molecule has 376 valence electrons. The third kappa shape index (κ3) is 6.07. The third-order valence-corrected chi connectivity index (χ3v) is 16.9. The van der Waals surface area contributed by atoms with Gasteiger partial charge in [0.15, 0.2) is 32.6 Å². The molecule has 0 N–H and O–H groups in total. The van der Waals surface area contributed by atoms with E-state index in [9.17, 15) is 28.8 Å². The van der Waals surface area contributed by atoms with Crippen molar-refractivity contribution in [3.63, 3.8) is 0 Å². The Morgan fingerprint density at radius 2 is 0.506 bits per heavy atom. The van der Waals surface area contributed by atoms with Gasteiger partial charge in [0.25, 0.3) is 0 Å². The first-order valence-electron chi connectivity index (χ1n) is 26.6. The fraction of sp³-hybridized carbons (Fsp3) is 0. The fourth-order valence-corrected chi connectivity index (χ4v) is 13.2. The molecule has 0 aliphatic rings. The molecule has 0 amide bonds. The first-order chi connectivity index (χ1) is 39.7. The van der Waals surface area contributed by atoms with Gasteiger partial charge in [-0.15, -0.1) is 0 Å². The normalized spacial score (nSPS) is 12.2. The van der Waals surface area contributed by atoms with Gasteiger partial charge in [-0.25, -0.2) is 0 Å². The first-order valence-corrected chi connectivity index (χ1v) is 26.6. The Bertz CT molecular complexity index is 5890. The van der Waals surface area contributed by atoms with Gasteiger partial charge in [0.05, 0.1) is 55.3 Å². The molecule has 17 rings (SSSR count). The molecule has 7 heterocycles. The molecule has 0 saturated heterocycles. The van der Waals surface area contributed by atoms with E-state index in [1.807, 2.05) is 153 Å². The maximum absolute atomic E-state index is 14.8. The van der Waals surface area contributed by atoms with E-state index in [1.54, 1.807) is 60.8 Å². The number of rotatable bonds is 4. The van der Waals surface area contributed by atoms with E-state index >= 15 is 0 Å². The average Bonchev–Trinajstić information content (AvgIpc) is 3.36. The van der Waals surface area contributed by atoms with Crippen LogP contribution in [-0.4, -0.2) is 18.2 Å². The summed E-state index contributed by atoms with van der Waals surface area (Å²) in [5, 5.41) is 5.92. The van der Waals surface area contributed by atoms with Gasteiger partial charge in [-0.05, 0) is 173 Å². The van der Waals surface area contributed by atoms with Crippen molar-refractivity contribution < 1.29 is 0 Å². The van der Waals surface area contributed by atoms with Gasteiger partial charge in [0.1, 0.15) is 0 Å². The molecule has 0 radical (unpaired) electrons. The molecule has 0 unspecified atom stereocenters. The van der Waals surface area contributed by atoms with E-state index in [-0.39, 0.29) is 32.6 Å². The van der Waals surface area contributed by atoms with Gasteiger partial charge >= 0.3 is 0 Å². The Balaban J connectivity index is 0.893. The van der Waals surface area contributed by atoms with Crippen LogP contribution in [-0.2, 0) is 0 Å². The van der Waals surface area contributed by atoms with Crippen molar-refractivity contribution in [2.75, 3.05) is 0 Å². The summed E-state index contributed by atoms with van der Waals surface area (Å²) >= 11 is 0. The van der Waals surface area contributed by atoms with Crippen molar-refractivity contribution in [2.45, 2.75) is 0 Å². The summed E-state index contributed by atoms with van der Waals surface area (Å²) in [5.41, 5.74) is 11.0. The predicted octanol–water partition coefficient (Wildman–Crippen LogP) is 13.4. The van der Waals surface area contributed by atoms with Gasteiger partial charge in [-0.2, -0.15) is 0 Å². The second-order valence-electron chi connectivity index (χ2n) is 21.1. The van der Waals surface area contributed by atoms with Gasteiger partial charge in [-0.3, -0.25) is 33.8 Å². The van der Waals surface area contributed by atoms with E-state index in [1.165, 1.54) is 0 Å². The molecule has 10 heteroatoms. The maximum Gasteiger partial charge on any atom is 0.197 e. The highest BCUT2D eigenvalue weighted by molar-refractivity contribution is 6.11. The lowest BCUT2D eigenvalue weighted by molar-refractivity contribution is 1.30. The Morgan fingerprint density at radius 3 is 0.877 bits per heavy atom. The number of fused-ring (bicyclic) bond motifs is 12. The molecule has 0 bridgehead atoms. The zero-order valence-corrected chi connectivity index (χ0v) is 42.5. The highest BCUT2D eigenvalue weighted by atomic mass is 16.1. The van der Waals surface area contributed by atoms with E-state index in [2.05, 4.69) is 18.2 Å². The molecule has 0 spiro atoms. The van der Waals surface area contributed by atoms with Crippen molar-refractivity contribution in [1.82, 2.24) is 18.2 Å². The minimum atomic E-state index is -0.194. The molecule has 0 aliphatic carbocycles. The maximum atomic E-state index is 14.8. The van der Waals surface area contributed by atoms with E-state index in [0.29, 0.717) is 114 Å². The minimum Gasteiger partial charge on any atom is -0.308 e. The standard InChI is InChI=1S/C71H36N4O6/c76-66-44-10-1-4-19-57(44)73-60-25-22-37(33-53(60)69(79)50-16-7-13-47(66)63(50)73)40-28-29-72-56(36-40)43-31-41(38-23-26-61-54(34-38)70(80)51-17-8-14-48-64(51)74(61)58-20-5-2-11-45(58)67(48)77)30-42(32-43)39-24-27-62-55(35-39)71(81)52-18-9-15-49-65(52)75(62)59-21-6-3-12-46(59)68(49)78/h1-36H. The Morgan fingerprint density at radius 1 is 0.222 bits per heavy atom. The Hall–Kier alpha value is -11.2. The van der Waals surface area contributed by atoms with Crippen molar-refractivity contribution in [3.05, 3.63) is 280 Å². The molecule has 0 atom stereocenters. The van der Waals surface area contributed by atoms with Crippen molar-refractivity contribution in [1.29, 1.82) is 0 Å². The largest absolute Gasteiger partial charge is 0.308 e. The minimum absolute atomic E-state index is 0.115. The second kappa shape index (κ2) is 16.2. The van der Waals surface area contributed by atoms with Crippen molar-refractivity contribution >= 4 is 114 Å². The van der Waals surface area contributed by atoms with E-state index in [4.69, 9.17) is 4.98 Å². The van der Waals surface area contributed by atoms with Crippen LogP contribution in [0, 0.1) is 0 Å². The van der Waals surface area contributed by atoms with Crippen LogP contribution in [0.4, 0.5) is 0 Å². The van der Waals surface area contributed by atoms with Crippen molar-refractivity contribution in [2.24, 2.45) is 0 Å². The van der Waals surface area contributed by atoms with Gasteiger partial charge in [0, 0.05) is 76.4 Å². The molecular weight excluding hydrogens is 1000 g/mol. The topological polar surface area (TPSA) is 129 Å². The van der Waals surface area contributed by atoms with E-state index < -0.39 is 0 Å². The molecule has 10 aromatic carbocycles. The van der Waals surface area contributed by atoms with Crippen LogP contribution in [0.5, 0.6) is 0 Å².